The minimum Gasteiger partial charge on any atom is -0.363 e. The second kappa shape index (κ2) is 7.05. The summed E-state index contributed by atoms with van der Waals surface area (Å²) in [6, 6.07) is 2.03. The molecule has 26 heavy (non-hydrogen) atoms. The zero-order valence-corrected chi connectivity index (χ0v) is 16.6. The van der Waals surface area contributed by atoms with Crippen LogP contribution in [-0.2, 0) is 18.3 Å². The van der Waals surface area contributed by atoms with Crippen molar-refractivity contribution in [3.05, 3.63) is 34.5 Å². The van der Waals surface area contributed by atoms with E-state index in [0.29, 0.717) is 6.42 Å². The van der Waals surface area contributed by atoms with Gasteiger partial charge in [0, 0.05) is 45.0 Å². The van der Waals surface area contributed by atoms with Gasteiger partial charge in [0.05, 0.1) is 23.9 Å². The van der Waals surface area contributed by atoms with Crippen molar-refractivity contribution >= 4 is 11.7 Å². The van der Waals surface area contributed by atoms with E-state index in [9.17, 15) is 4.79 Å². The normalized spacial score (nSPS) is 17.0. The van der Waals surface area contributed by atoms with Gasteiger partial charge in [-0.3, -0.25) is 9.48 Å². The Kier molecular flexibility index (Phi) is 4.98. The molecule has 1 amide bonds. The molecule has 7 nitrogen and oxygen atoms in total. The summed E-state index contributed by atoms with van der Waals surface area (Å²) in [5.41, 5.74) is 3.96. The van der Waals surface area contributed by atoms with Gasteiger partial charge in [-0.1, -0.05) is 0 Å². The number of hydrogen-bond acceptors (Lipinski definition) is 5. The number of carbonyl (C=O) groups is 1. The fraction of sp³-hybridized carbons (Fsp3) is 0.579. The first-order chi connectivity index (χ1) is 12.3. The molecule has 7 heteroatoms. The Bertz CT molecular complexity index is 826. The number of anilines is 1. The van der Waals surface area contributed by atoms with E-state index in [2.05, 4.69) is 15.1 Å². The lowest BCUT2D eigenvalue weighted by molar-refractivity contribution is -0.131. The smallest absolute Gasteiger partial charge is 0.227 e. The van der Waals surface area contributed by atoms with Gasteiger partial charge in [-0.2, -0.15) is 5.10 Å². The molecule has 0 N–H and O–H groups in total. The number of likely N-dealkylation sites (tertiary alicyclic amines) is 1. The van der Waals surface area contributed by atoms with Gasteiger partial charge < -0.3 is 9.80 Å². The van der Waals surface area contributed by atoms with E-state index in [-0.39, 0.29) is 11.9 Å². The Morgan fingerprint density at radius 2 is 2.00 bits per heavy atom. The Hall–Kier alpha value is -2.44. The summed E-state index contributed by atoms with van der Waals surface area (Å²) in [5.74, 6) is 1.77. The zero-order valence-electron chi connectivity index (χ0n) is 16.6. The Morgan fingerprint density at radius 1 is 1.27 bits per heavy atom. The number of hydrogen-bond donors (Lipinski definition) is 0. The van der Waals surface area contributed by atoms with Crippen molar-refractivity contribution in [3.63, 3.8) is 0 Å². The first kappa shape index (κ1) is 18.4. The summed E-state index contributed by atoms with van der Waals surface area (Å²) in [6.45, 7) is 6.66. The van der Waals surface area contributed by atoms with Gasteiger partial charge in [-0.15, -0.1) is 0 Å². The standard InChI is InChI=1S/C19H28N6O/c1-12-15(13(2)24(6)22-12)10-19(26)25-9-7-8-17(25)16-11-18(23(4)5)21-14(3)20-16/h11,17H,7-10H2,1-6H3/t17-/m1/s1. The fourth-order valence-electron chi connectivity index (χ4n) is 3.67. The van der Waals surface area contributed by atoms with Crippen LogP contribution in [0.4, 0.5) is 5.82 Å². The van der Waals surface area contributed by atoms with Gasteiger partial charge in [0.25, 0.3) is 0 Å². The van der Waals surface area contributed by atoms with Gasteiger partial charge in [0.1, 0.15) is 11.6 Å². The predicted octanol–water partition coefficient (Wildman–Crippen LogP) is 2.11. The van der Waals surface area contributed by atoms with Crippen molar-refractivity contribution in [1.29, 1.82) is 0 Å². The molecule has 1 atom stereocenters. The summed E-state index contributed by atoms with van der Waals surface area (Å²) in [4.78, 5) is 26.1. The Balaban J connectivity index is 1.85. The molecule has 1 aliphatic heterocycles. The number of rotatable bonds is 4. The summed E-state index contributed by atoms with van der Waals surface area (Å²) < 4.78 is 1.84. The molecule has 1 aliphatic rings. The minimum atomic E-state index is 0.0279. The topological polar surface area (TPSA) is 67.2 Å². The summed E-state index contributed by atoms with van der Waals surface area (Å²) in [5, 5.41) is 4.43. The first-order valence-electron chi connectivity index (χ1n) is 9.09. The SMILES string of the molecule is Cc1nc([C@H]2CCCN2C(=O)Cc2c(C)nn(C)c2C)cc(N(C)C)n1. The third-order valence-electron chi connectivity index (χ3n) is 5.20. The highest BCUT2D eigenvalue weighted by Gasteiger charge is 2.32. The van der Waals surface area contributed by atoms with Crippen LogP contribution >= 0.6 is 0 Å². The van der Waals surface area contributed by atoms with E-state index in [1.165, 1.54) is 0 Å². The third-order valence-corrected chi connectivity index (χ3v) is 5.20. The summed E-state index contributed by atoms with van der Waals surface area (Å²) in [7, 11) is 5.86. The average molecular weight is 356 g/mol. The number of nitrogens with zero attached hydrogens (tertiary/aromatic N) is 6. The van der Waals surface area contributed by atoms with Crippen molar-refractivity contribution in [2.75, 3.05) is 25.5 Å². The third kappa shape index (κ3) is 3.43. The highest BCUT2D eigenvalue weighted by atomic mass is 16.2. The van der Waals surface area contributed by atoms with Crippen LogP contribution in [0.3, 0.4) is 0 Å². The summed E-state index contributed by atoms with van der Waals surface area (Å²) in [6.07, 6.45) is 2.34. The molecule has 0 aliphatic carbocycles. The molecule has 0 unspecified atom stereocenters. The van der Waals surface area contributed by atoms with Gasteiger partial charge in [-0.25, -0.2) is 9.97 Å². The van der Waals surface area contributed by atoms with Crippen LogP contribution in [0, 0.1) is 20.8 Å². The van der Waals surface area contributed by atoms with Crippen LogP contribution in [0.5, 0.6) is 0 Å². The van der Waals surface area contributed by atoms with E-state index in [0.717, 1.165) is 53.7 Å². The minimum absolute atomic E-state index is 0.0279. The van der Waals surface area contributed by atoms with Crippen molar-refractivity contribution in [2.45, 2.75) is 46.1 Å². The maximum atomic E-state index is 13.1. The van der Waals surface area contributed by atoms with E-state index < -0.39 is 0 Å². The van der Waals surface area contributed by atoms with Crippen LogP contribution in [0.15, 0.2) is 6.07 Å². The molecule has 3 rings (SSSR count). The monoisotopic (exact) mass is 356 g/mol. The first-order valence-corrected chi connectivity index (χ1v) is 9.09. The molecule has 0 bridgehead atoms. The second-order valence-corrected chi connectivity index (χ2v) is 7.29. The van der Waals surface area contributed by atoms with Crippen molar-refractivity contribution in [3.8, 4) is 0 Å². The van der Waals surface area contributed by atoms with Crippen LogP contribution in [0.2, 0.25) is 0 Å². The molecule has 0 aromatic carbocycles. The molecule has 0 saturated carbocycles. The molecule has 3 heterocycles. The van der Waals surface area contributed by atoms with Crippen LogP contribution in [0.1, 0.15) is 47.4 Å². The predicted molar refractivity (Wildman–Crippen MR) is 101 cm³/mol. The number of amides is 1. The number of aromatic nitrogens is 4. The largest absolute Gasteiger partial charge is 0.363 e. The lowest BCUT2D eigenvalue weighted by atomic mass is 10.1. The van der Waals surface area contributed by atoms with E-state index in [4.69, 9.17) is 0 Å². The second-order valence-electron chi connectivity index (χ2n) is 7.29. The van der Waals surface area contributed by atoms with E-state index >= 15 is 0 Å². The van der Waals surface area contributed by atoms with Gasteiger partial charge in [0.15, 0.2) is 0 Å². The van der Waals surface area contributed by atoms with E-state index in [1.54, 1.807) is 0 Å². The van der Waals surface area contributed by atoms with Crippen molar-refractivity contribution in [2.24, 2.45) is 7.05 Å². The Morgan fingerprint density at radius 3 is 2.62 bits per heavy atom. The number of aryl methyl sites for hydroxylation is 3. The molecule has 1 saturated heterocycles. The molecular formula is C19H28N6O. The quantitative estimate of drug-likeness (QED) is 0.839. The highest BCUT2D eigenvalue weighted by molar-refractivity contribution is 5.80. The molecule has 2 aromatic heterocycles. The number of carbonyl (C=O) groups excluding carboxylic acids is 1. The molecule has 140 valence electrons. The lowest BCUT2D eigenvalue weighted by Gasteiger charge is -2.25. The van der Waals surface area contributed by atoms with Gasteiger partial charge >= 0.3 is 0 Å². The Labute approximate surface area is 155 Å². The van der Waals surface area contributed by atoms with Crippen LogP contribution < -0.4 is 4.90 Å². The maximum Gasteiger partial charge on any atom is 0.227 e. The molecule has 1 fully saturated rings. The zero-order chi connectivity index (χ0) is 19.0. The molecule has 0 spiro atoms. The van der Waals surface area contributed by atoms with Crippen molar-refractivity contribution in [1.82, 2.24) is 24.6 Å². The average Bonchev–Trinajstić information content (AvgIpc) is 3.15. The van der Waals surface area contributed by atoms with Crippen LogP contribution in [-0.4, -0.2) is 51.2 Å². The van der Waals surface area contributed by atoms with Crippen LogP contribution in [0.25, 0.3) is 0 Å². The van der Waals surface area contributed by atoms with Gasteiger partial charge in [-0.05, 0) is 33.6 Å². The van der Waals surface area contributed by atoms with E-state index in [1.807, 2.05) is 62.5 Å². The molecule has 2 aromatic rings. The molecule has 0 radical (unpaired) electrons. The maximum absolute atomic E-state index is 13.1. The summed E-state index contributed by atoms with van der Waals surface area (Å²) >= 11 is 0. The van der Waals surface area contributed by atoms with Gasteiger partial charge in [0.2, 0.25) is 5.91 Å². The lowest BCUT2D eigenvalue weighted by Crippen LogP contribution is -2.32. The highest BCUT2D eigenvalue weighted by Crippen LogP contribution is 2.33. The molecular weight excluding hydrogens is 328 g/mol. The van der Waals surface area contributed by atoms with Crippen molar-refractivity contribution < 1.29 is 4.79 Å². The fourth-order valence-corrected chi connectivity index (χ4v) is 3.67.